The number of nitrogens with zero attached hydrogens (tertiary/aromatic N) is 1. The lowest BCUT2D eigenvalue weighted by molar-refractivity contribution is -0.149. The van der Waals surface area contributed by atoms with Crippen molar-refractivity contribution in [2.45, 2.75) is 50.4 Å². The van der Waals surface area contributed by atoms with Gasteiger partial charge in [0.05, 0.1) is 29.6 Å². The van der Waals surface area contributed by atoms with Crippen LogP contribution in [0.1, 0.15) is 54.2 Å². The van der Waals surface area contributed by atoms with Crippen LogP contribution < -0.4 is 20.5 Å². The summed E-state index contributed by atoms with van der Waals surface area (Å²) in [5, 5.41) is 2.17. The number of rotatable bonds is 9. The molecule has 2 aromatic carbocycles. The molecule has 1 aliphatic carbocycles. The largest absolute Gasteiger partial charge is 0.493 e. The quantitative estimate of drug-likeness (QED) is 0.295. The van der Waals surface area contributed by atoms with E-state index in [4.69, 9.17) is 26.8 Å². The Morgan fingerprint density at radius 3 is 2.44 bits per heavy atom. The van der Waals surface area contributed by atoms with Crippen LogP contribution in [0.2, 0.25) is 5.02 Å². The predicted octanol–water partition coefficient (Wildman–Crippen LogP) is 6.36. The maximum Gasteiger partial charge on any atom is 0.398 e. The van der Waals surface area contributed by atoms with Gasteiger partial charge < -0.3 is 20.5 Å². The monoisotopic (exact) mass is 565 g/mol. The van der Waals surface area contributed by atoms with E-state index in [1.807, 2.05) is 0 Å². The number of aromatic nitrogens is 1. The van der Waals surface area contributed by atoms with Crippen molar-refractivity contribution in [2.24, 2.45) is 5.73 Å². The molecule has 1 saturated carbocycles. The molecule has 0 radical (unpaired) electrons. The van der Waals surface area contributed by atoms with Crippen molar-refractivity contribution < 1.29 is 31.8 Å². The van der Waals surface area contributed by atoms with Gasteiger partial charge in [-0.3, -0.25) is 9.78 Å². The first-order chi connectivity index (χ1) is 18.3. The van der Waals surface area contributed by atoms with E-state index in [-0.39, 0.29) is 28.1 Å². The van der Waals surface area contributed by atoms with Gasteiger partial charge in [-0.15, -0.1) is 0 Å². The Kier molecular flexibility index (Phi) is 8.09. The van der Waals surface area contributed by atoms with Gasteiger partial charge in [-0.25, -0.2) is 4.39 Å². The van der Waals surface area contributed by atoms with Crippen molar-refractivity contribution in [1.82, 2.24) is 10.3 Å². The molecular formula is C28H28ClF4N3O3. The van der Waals surface area contributed by atoms with Crippen LogP contribution in [-0.2, 0) is 5.54 Å². The molecule has 1 unspecified atom stereocenters. The second-order valence-electron chi connectivity index (χ2n) is 10.0. The summed E-state index contributed by atoms with van der Waals surface area (Å²) >= 11 is 5.90. The van der Waals surface area contributed by atoms with E-state index in [1.54, 1.807) is 19.9 Å². The van der Waals surface area contributed by atoms with Crippen LogP contribution in [0.4, 0.5) is 17.6 Å². The normalized spacial score (nSPS) is 14.6. The number of halogens is 5. The number of benzene rings is 2. The number of pyridine rings is 1. The van der Waals surface area contributed by atoms with E-state index < -0.39 is 35.9 Å². The minimum Gasteiger partial charge on any atom is -0.493 e. The SMILES string of the molecule is COc1cc(C(=O)NCC(c2cc(C(C)(C)N)cc(-c3ccc(F)c(Cl)c3)n2)C(F)(F)F)ccc1OC1CC1. The fraction of sp³-hybridized carbons (Fsp3) is 0.357. The van der Waals surface area contributed by atoms with Crippen molar-refractivity contribution in [3.8, 4) is 22.8 Å². The molecule has 0 saturated heterocycles. The van der Waals surface area contributed by atoms with Crippen molar-refractivity contribution >= 4 is 17.5 Å². The van der Waals surface area contributed by atoms with Gasteiger partial charge in [-0.05, 0) is 80.8 Å². The topological polar surface area (TPSA) is 86.5 Å². The summed E-state index contributed by atoms with van der Waals surface area (Å²) in [5.74, 6) is -2.78. The summed E-state index contributed by atoms with van der Waals surface area (Å²) in [6.07, 6.45) is -2.80. The van der Waals surface area contributed by atoms with Gasteiger partial charge in [0.15, 0.2) is 11.5 Å². The van der Waals surface area contributed by atoms with Crippen molar-refractivity contribution in [3.63, 3.8) is 0 Å². The molecule has 3 N–H and O–H groups in total. The summed E-state index contributed by atoms with van der Waals surface area (Å²) in [6, 6.07) is 11.0. The first kappa shape index (κ1) is 28.6. The molecule has 4 rings (SSSR count). The van der Waals surface area contributed by atoms with E-state index in [0.29, 0.717) is 22.6 Å². The number of hydrogen-bond donors (Lipinski definition) is 2. The van der Waals surface area contributed by atoms with Crippen LogP contribution in [0.25, 0.3) is 11.3 Å². The highest BCUT2D eigenvalue weighted by atomic mass is 35.5. The zero-order valence-corrected chi connectivity index (χ0v) is 22.3. The standard InChI is InChI=1S/C28H28ClF4N3O3/c1-27(2,34)17-12-22(15-4-8-21(30)20(29)10-15)36-23(13-17)19(28(31,32)33)14-35-26(37)16-5-9-24(25(11-16)38-3)39-18-6-7-18/h4-5,8-13,18-19H,6-7,14,34H2,1-3H3,(H,35,37). The van der Waals surface area contributed by atoms with Crippen LogP contribution in [0.3, 0.4) is 0 Å². The van der Waals surface area contributed by atoms with Gasteiger partial charge in [-0.2, -0.15) is 13.2 Å². The molecule has 0 bridgehead atoms. The van der Waals surface area contributed by atoms with Gasteiger partial charge >= 0.3 is 6.18 Å². The number of nitrogens with two attached hydrogens (primary N) is 1. The van der Waals surface area contributed by atoms with Crippen LogP contribution >= 0.6 is 11.6 Å². The molecule has 0 aliphatic heterocycles. The Labute approximate surface area is 228 Å². The van der Waals surface area contributed by atoms with E-state index in [2.05, 4.69) is 10.3 Å². The third-order valence-electron chi connectivity index (χ3n) is 6.27. The number of carbonyl (C=O) groups excluding carboxylic acids is 1. The van der Waals surface area contributed by atoms with E-state index >= 15 is 0 Å². The summed E-state index contributed by atoms with van der Waals surface area (Å²) in [5.41, 5.74) is 5.80. The maximum atomic E-state index is 14.3. The van der Waals surface area contributed by atoms with Gasteiger partial charge in [0, 0.05) is 23.2 Å². The number of carbonyl (C=O) groups is 1. The molecule has 208 valence electrons. The van der Waals surface area contributed by atoms with Crippen molar-refractivity contribution in [3.05, 3.63) is 76.2 Å². The number of methoxy groups -OCH3 is 1. The third-order valence-corrected chi connectivity index (χ3v) is 6.56. The Morgan fingerprint density at radius 2 is 1.85 bits per heavy atom. The molecule has 0 spiro atoms. The van der Waals surface area contributed by atoms with Gasteiger partial charge in [-0.1, -0.05) is 11.6 Å². The second kappa shape index (κ2) is 11.0. The Morgan fingerprint density at radius 1 is 1.13 bits per heavy atom. The summed E-state index contributed by atoms with van der Waals surface area (Å²) in [7, 11) is 1.42. The summed E-state index contributed by atoms with van der Waals surface area (Å²) in [4.78, 5) is 17.1. The second-order valence-corrected chi connectivity index (χ2v) is 10.4. The maximum absolute atomic E-state index is 14.3. The number of alkyl halides is 3. The highest BCUT2D eigenvalue weighted by Crippen LogP contribution is 2.37. The molecule has 11 heteroatoms. The van der Waals surface area contributed by atoms with E-state index in [9.17, 15) is 22.4 Å². The molecule has 1 atom stereocenters. The Hall–Kier alpha value is -3.37. The van der Waals surface area contributed by atoms with E-state index in [0.717, 1.165) is 18.9 Å². The Balaban J connectivity index is 1.64. The minimum atomic E-state index is -4.75. The fourth-order valence-electron chi connectivity index (χ4n) is 3.86. The zero-order chi connectivity index (χ0) is 28.5. The molecule has 6 nitrogen and oxygen atoms in total. The van der Waals surface area contributed by atoms with Crippen LogP contribution in [0, 0.1) is 5.82 Å². The van der Waals surface area contributed by atoms with Crippen LogP contribution in [0.5, 0.6) is 11.5 Å². The van der Waals surface area contributed by atoms with Gasteiger partial charge in [0.1, 0.15) is 11.7 Å². The lowest BCUT2D eigenvalue weighted by Crippen LogP contribution is -2.36. The Bertz CT molecular complexity index is 1370. The molecule has 1 heterocycles. The number of nitrogens with one attached hydrogen (secondary N) is 1. The fourth-order valence-corrected chi connectivity index (χ4v) is 4.04. The van der Waals surface area contributed by atoms with Gasteiger partial charge in [0.25, 0.3) is 5.91 Å². The molecule has 1 amide bonds. The lowest BCUT2D eigenvalue weighted by atomic mass is 9.91. The smallest absolute Gasteiger partial charge is 0.398 e. The number of amides is 1. The molecule has 1 fully saturated rings. The number of ether oxygens (including phenoxy) is 2. The van der Waals surface area contributed by atoms with Crippen LogP contribution in [0.15, 0.2) is 48.5 Å². The van der Waals surface area contributed by atoms with Crippen molar-refractivity contribution in [1.29, 1.82) is 0 Å². The molecule has 39 heavy (non-hydrogen) atoms. The van der Waals surface area contributed by atoms with Gasteiger partial charge in [0.2, 0.25) is 0 Å². The molecule has 1 aliphatic rings. The molecule has 1 aromatic heterocycles. The first-order valence-corrected chi connectivity index (χ1v) is 12.6. The zero-order valence-electron chi connectivity index (χ0n) is 21.5. The average molecular weight is 566 g/mol. The number of hydrogen-bond acceptors (Lipinski definition) is 5. The predicted molar refractivity (Wildman–Crippen MR) is 140 cm³/mol. The molecular weight excluding hydrogens is 538 g/mol. The van der Waals surface area contributed by atoms with Crippen molar-refractivity contribution in [2.75, 3.05) is 13.7 Å². The third kappa shape index (κ3) is 6.99. The lowest BCUT2D eigenvalue weighted by Gasteiger charge is -2.25. The summed E-state index contributed by atoms with van der Waals surface area (Å²) in [6.45, 7) is 2.50. The first-order valence-electron chi connectivity index (χ1n) is 12.2. The minimum absolute atomic E-state index is 0.101. The average Bonchev–Trinajstić information content (AvgIpc) is 3.68. The highest BCUT2D eigenvalue weighted by molar-refractivity contribution is 6.31. The highest BCUT2D eigenvalue weighted by Gasteiger charge is 2.42. The molecule has 3 aromatic rings. The van der Waals surface area contributed by atoms with Crippen LogP contribution in [-0.4, -0.2) is 36.8 Å². The summed E-state index contributed by atoms with van der Waals surface area (Å²) < 4.78 is 67.7. The van der Waals surface area contributed by atoms with E-state index in [1.165, 1.54) is 43.5 Å².